The number of anilines is 2. The van der Waals surface area contributed by atoms with Crippen molar-refractivity contribution in [2.24, 2.45) is 0 Å². The van der Waals surface area contributed by atoms with Gasteiger partial charge in [0.25, 0.3) is 0 Å². The van der Waals surface area contributed by atoms with Crippen LogP contribution in [-0.4, -0.2) is 28.3 Å². The van der Waals surface area contributed by atoms with Crippen molar-refractivity contribution in [3.8, 4) is 6.01 Å². The number of ether oxygens (including phenoxy) is 1. The summed E-state index contributed by atoms with van der Waals surface area (Å²) in [5.41, 5.74) is 0.691. The molecule has 1 heterocycles. The Labute approximate surface area is 97.2 Å². The molecule has 0 bridgehead atoms. The quantitative estimate of drug-likeness (QED) is 0.748. The lowest BCUT2D eigenvalue weighted by atomic mass is 10.3. The van der Waals surface area contributed by atoms with Crippen LogP contribution >= 0.6 is 0 Å². The maximum absolute atomic E-state index is 11.5. The van der Waals surface area contributed by atoms with E-state index in [1.54, 1.807) is 12.1 Å². The van der Waals surface area contributed by atoms with Gasteiger partial charge < -0.3 is 10.1 Å². The Morgan fingerprint density at radius 3 is 2.71 bits per heavy atom. The lowest BCUT2D eigenvalue weighted by Crippen LogP contribution is -2.20. The molecule has 0 aliphatic heterocycles. The van der Waals surface area contributed by atoms with E-state index >= 15 is 0 Å². The number of carbonyl (C=O) groups is 1. The molecule has 0 saturated carbocycles. The van der Waals surface area contributed by atoms with Gasteiger partial charge in [0.15, 0.2) is 0 Å². The monoisotopic (exact) mass is 233 g/mol. The molecule has 0 atom stereocenters. The van der Waals surface area contributed by atoms with Crippen LogP contribution in [0.5, 0.6) is 6.01 Å². The molecule has 2 aromatic rings. The summed E-state index contributed by atoms with van der Waals surface area (Å²) in [6, 6.07) is 8.83. The highest BCUT2D eigenvalue weighted by atomic mass is 16.5. The highest BCUT2D eigenvalue weighted by molar-refractivity contribution is 5.98. The van der Waals surface area contributed by atoms with Crippen molar-refractivity contribution in [1.82, 2.24) is 15.2 Å². The van der Waals surface area contributed by atoms with Crippen LogP contribution in [0.1, 0.15) is 0 Å². The number of aromatic amines is 1. The highest BCUT2D eigenvalue weighted by Gasteiger charge is 2.06. The fourth-order valence-corrected chi connectivity index (χ4v) is 1.18. The minimum absolute atomic E-state index is 0.167. The normalized spacial score (nSPS) is 9.71. The number of amides is 2. The average molecular weight is 233 g/mol. The molecule has 1 aromatic carbocycles. The third-order valence-corrected chi connectivity index (χ3v) is 1.91. The van der Waals surface area contributed by atoms with Gasteiger partial charge in [-0.3, -0.25) is 5.32 Å². The first-order valence-corrected chi connectivity index (χ1v) is 4.87. The molecular weight excluding hydrogens is 222 g/mol. The maximum atomic E-state index is 11.5. The number of nitrogens with one attached hydrogen (secondary N) is 3. The molecule has 0 fully saturated rings. The van der Waals surface area contributed by atoms with Gasteiger partial charge >= 0.3 is 12.0 Å². The van der Waals surface area contributed by atoms with Gasteiger partial charge in [-0.15, -0.1) is 5.10 Å². The van der Waals surface area contributed by atoms with Crippen molar-refractivity contribution < 1.29 is 9.53 Å². The second-order valence-electron chi connectivity index (χ2n) is 3.12. The molecule has 7 nitrogen and oxygen atoms in total. The first-order chi connectivity index (χ1) is 8.28. The van der Waals surface area contributed by atoms with Crippen molar-refractivity contribution in [3.63, 3.8) is 0 Å². The van der Waals surface area contributed by atoms with Crippen LogP contribution in [0.2, 0.25) is 0 Å². The molecule has 0 saturated heterocycles. The predicted molar refractivity (Wildman–Crippen MR) is 62.0 cm³/mol. The van der Waals surface area contributed by atoms with Crippen molar-refractivity contribution in [2.75, 3.05) is 17.7 Å². The molecule has 7 heteroatoms. The van der Waals surface area contributed by atoms with E-state index in [2.05, 4.69) is 25.8 Å². The summed E-state index contributed by atoms with van der Waals surface area (Å²) < 4.78 is 4.77. The summed E-state index contributed by atoms with van der Waals surface area (Å²) in [5, 5.41) is 11.3. The van der Waals surface area contributed by atoms with Crippen LogP contribution in [0, 0.1) is 0 Å². The Bertz CT molecular complexity index is 496. The minimum atomic E-state index is -0.407. The number of benzene rings is 1. The molecule has 2 amide bonds. The van der Waals surface area contributed by atoms with Crippen LogP contribution in [-0.2, 0) is 0 Å². The maximum Gasteiger partial charge on any atom is 0.336 e. The molecule has 0 spiro atoms. The Morgan fingerprint density at radius 1 is 1.29 bits per heavy atom. The Hall–Kier alpha value is -2.57. The molecule has 0 radical (unpaired) electrons. The topological polar surface area (TPSA) is 91.9 Å². The number of carbonyl (C=O) groups excluding carboxylic acids is 1. The lowest BCUT2D eigenvalue weighted by Gasteiger charge is -2.04. The predicted octanol–water partition coefficient (Wildman–Crippen LogP) is 1.46. The lowest BCUT2D eigenvalue weighted by molar-refractivity contribution is 0.262. The Kier molecular flexibility index (Phi) is 3.20. The molecule has 3 N–H and O–H groups in total. The van der Waals surface area contributed by atoms with Gasteiger partial charge in [-0.2, -0.15) is 4.98 Å². The Morgan fingerprint density at radius 2 is 2.06 bits per heavy atom. The fraction of sp³-hybridized carbons (Fsp3) is 0.100. The highest BCUT2D eigenvalue weighted by Crippen LogP contribution is 2.07. The van der Waals surface area contributed by atoms with E-state index in [-0.39, 0.29) is 12.0 Å². The number of nitrogens with zero attached hydrogens (tertiary/aromatic N) is 2. The van der Waals surface area contributed by atoms with Gasteiger partial charge in [0.1, 0.15) is 0 Å². The van der Waals surface area contributed by atoms with Crippen LogP contribution in [0.25, 0.3) is 0 Å². The molecule has 2 rings (SSSR count). The largest absolute Gasteiger partial charge is 0.466 e. The fourth-order valence-electron chi connectivity index (χ4n) is 1.18. The zero-order valence-electron chi connectivity index (χ0n) is 9.10. The number of aromatic nitrogens is 3. The SMILES string of the molecule is COc1n[nH]c(NC(=O)Nc2ccccc2)n1. The van der Waals surface area contributed by atoms with E-state index in [1.165, 1.54) is 7.11 Å². The van der Waals surface area contributed by atoms with Crippen LogP contribution in [0.4, 0.5) is 16.4 Å². The number of hydrogen-bond donors (Lipinski definition) is 3. The van der Waals surface area contributed by atoms with E-state index in [0.717, 1.165) is 0 Å². The number of para-hydroxylation sites is 1. The zero-order valence-corrected chi connectivity index (χ0v) is 9.10. The number of urea groups is 1. The molecular formula is C10H11N5O2. The molecule has 0 aliphatic rings. The average Bonchev–Trinajstić information content (AvgIpc) is 2.78. The smallest absolute Gasteiger partial charge is 0.336 e. The van der Waals surface area contributed by atoms with Crippen LogP contribution in [0.15, 0.2) is 30.3 Å². The van der Waals surface area contributed by atoms with Crippen molar-refractivity contribution in [2.45, 2.75) is 0 Å². The summed E-state index contributed by atoms with van der Waals surface area (Å²) in [6.07, 6.45) is 0. The van der Waals surface area contributed by atoms with Crippen molar-refractivity contribution in [1.29, 1.82) is 0 Å². The van der Waals surface area contributed by atoms with Crippen LogP contribution < -0.4 is 15.4 Å². The van der Waals surface area contributed by atoms with Gasteiger partial charge in [-0.05, 0) is 12.1 Å². The molecule has 17 heavy (non-hydrogen) atoms. The first-order valence-electron chi connectivity index (χ1n) is 4.87. The minimum Gasteiger partial charge on any atom is -0.466 e. The number of rotatable bonds is 3. The Balaban J connectivity index is 1.93. The third-order valence-electron chi connectivity index (χ3n) is 1.91. The summed E-state index contributed by atoms with van der Waals surface area (Å²) in [6.45, 7) is 0. The van der Waals surface area contributed by atoms with Crippen molar-refractivity contribution >= 4 is 17.7 Å². The summed E-state index contributed by atoms with van der Waals surface area (Å²) in [7, 11) is 1.44. The van der Waals surface area contributed by atoms with Crippen molar-refractivity contribution in [3.05, 3.63) is 30.3 Å². The van der Waals surface area contributed by atoms with Gasteiger partial charge in [-0.1, -0.05) is 18.2 Å². The van der Waals surface area contributed by atoms with E-state index in [0.29, 0.717) is 5.69 Å². The molecule has 0 unspecified atom stereocenters. The van der Waals surface area contributed by atoms with E-state index in [1.807, 2.05) is 18.2 Å². The number of H-pyrrole nitrogens is 1. The van der Waals surface area contributed by atoms with Gasteiger partial charge in [-0.25, -0.2) is 9.89 Å². The molecule has 1 aromatic heterocycles. The summed E-state index contributed by atoms with van der Waals surface area (Å²) in [4.78, 5) is 15.4. The second-order valence-corrected chi connectivity index (χ2v) is 3.12. The van der Waals surface area contributed by atoms with Gasteiger partial charge in [0.05, 0.1) is 7.11 Å². The summed E-state index contributed by atoms with van der Waals surface area (Å²) >= 11 is 0. The standard InChI is InChI=1S/C10H11N5O2/c1-17-10-13-8(14-15-10)12-9(16)11-7-5-3-2-4-6-7/h2-6H,1H3,(H3,11,12,13,14,15,16). The first kappa shape index (κ1) is 10.9. The molecule has 88 valence electrons. The number of methoxy groups -OCH3 is 1. The van der Waals surface area contributed by atoms with Crippen LogP contribution in [0.3, 0.4) is 0 Å². The van der Waals surface area contributed by atoms with E-state index in [9.17, 15) is 4.79 Å². The summed E-state index contributed by atoms with van der Waals surface area (Å²) in [5.74, 6) is 0.218. The second kappa shape index (κ2) is 4.97. The van der Waals surface area contributed by atoms with Gasteiger partial charge in [0.2, 0.25) is 5.95 Å². The third kappa shape index (κ3) is 2.94. The van der Waals surface area contributed by atoms with E-state index < -0.39 is 6.03 Å². The zero-order chi connectivity index (χ0) is 12.1. The van der Waals surface area contributed by atoms with Gasteiger partial charge in [0, 0.05) is 5.69 Å². The van der Waals surface area contributed by atoms with E-state index in [4.69, 9.17) is 4.74 Å². The number of hydrogen-bond acceptors (Lipinski definition) is 4. The molecule has 0 aliphatic carbocycles.